The normalized spacial score (nSPS) is 11.6. The molecule has 0 amide bonds. The molecule has 0 radical (unpaired) electrons. The molecule has 0 saturated heterocycles. The van der Waals surface area contributed by atoms with Gasteiger partial charge in [-0.25, -0.2) is 15.0 Å². The van der Waals surface area contributed by atoms with Crippen LogP contribution >= 0.6 is 0 Å². The Hall–Kier alpha value is -3.35. The van der Waals surface area contributed by atoms with Crippen LogP contribution in [0.2, 0.25) is 0 Å². The third-order valence-corrected chi connectivity index (χ3v) is 4.97. The number of rotatable bonds is 7. The molecule has 5 nitrogen and oxygen atoms in total. The van der Waals surface area contributed by atoms with Gasteiger partial charge in [-0.1, -0.05) is 84.9 Å². The van der Waals surface area contributed by atoms with Crippen LogP contribution < -0.4 is 5.46 Å². The lowest BCUT2D eigenvalue weighted by molar-refractivity contribution is 0.0757. The van der Waals surface area contributed by atoms with Crippen molar-refractivity contribution in [3.63, 3.8) is 0 Å². The van der Waals surface area contributed by atoms with Gasteiger partial charge in [0.15, 0.2) is 17.5 Å². The van der Waals surface area contributed by atoms with Gasteiger partial charge in [-0.15, -0.1) is 0 Å². The molecule has 0 unspecified atom stereocenters. The van der Waals surface area contributed by atoms with Gasteiger partial charge in [0.2, 0.25) is 0 Å². The summed E-state index contributed by atoms with van der Waals surface area (Å²) in [5.74, 6) is 1.88. The molecule has 1 aromatic heterocycles. The molecule has 34 heavy (non-hydrogen) atoms. The Labute approximate surface area is 202 Å². The topological polar surface area (TPSA) is 57.1 Å². The first-order valence-electron chi connectivity index (χ1n) is 11.6. The molecule has 0 fully saturated rings. The van der Waals surface area contributed by atoms with E-state index in [0.29, 0.717) is 17.5 Å². The molecule has 0 aliphatic carbocycles. The van der Waals surface area contributed by atoms with Crippen LogP contribution in [-0.2, 0) is 9.31 Å². The van der Waals surface area contributed by atoms with E-state index in [9.17, 15) is 0 Å². The zero-order chi connectivity index (χ0) is 24.1. The van der Waals surface area contributed by atoms with Crippen LogP contribution in [0.4, 0.5) is 0 Å². The van der Waals surface area contributed by atoms with E-state index < -0.39 is 7.12 Å². The summed E-state index contributed by atoms with van der Waals surface area (Å²) in [6.45, 7) is 10.1. The minimum atomic E-state index is -0.496. The second-order valence-corrected chi connectivity index (χ2v) is 9.41. The molecule has 3 aromatic carbocycles. The van der Waals surface area contributed by atoms with Crippen LogP contribution in [0.1, 0.15) is 34.6 Å². The number of nitrogens with zero attached hydrogens (tertiary/aromatic N) is 3. The van der Waals surface area contributed by atoms with Crippen LogP contribution in [-0.4, -0.2) is 33.8 Å². The molecule has 172 valence electrons. The predicted octanol–water partition coefficient (Wildman–Crippen LogP) is 5.81. The Kier molecular flexibility index (Phi) is 7.20. The minimum Gasteiger partial charge on any atom is -0.405 e. The maximum atomic E-state index is 6.24. The molecule has 6 heteroatoms. The molecule has 0 atom stereocenters. The fraction of sp³-hybridized carbons (Fsp3) is 0.250. The van der Waals surface area contributed by atoms with Crippen LogP contribution in [0, 0.1) is 0 Å². The maximum absolute atomic E-state index is 6.24. The van der Waals surface area contributed by atoms with Crippen molar-refractivity contribution in [1.82, 2.24) is 15.0 Å². The number of hydrogen-bond acceptors (Lipinski definition) is 5. The van der Waals surface area contributed by atoms with Gasteiger partial charge in [0.05, 0.1) is 0 Å². The van der Waals surface area contributed by atoms with E-state index in [1.54, 1.807) is 0 Å². The fourth-order valence-electron chi connectivity index (χ4n) is 3.50. The summed E-state index contributed by atoms with van der Waals surface area (Å²) in [7, 11) is -0.496. The van der Waals surface area contributed by atoms with Crippen molar-refractivity contribution in [2.45, 2.75) is 46.3 Å². The van der Waals surface area contributed by atoms with Crippen LogP contribution in [0.15, 0.2) is 84.9 Å². The monoisotopic (exact) mass is 451 g/mol. The second kappa shape index (κ2) is 10.3. The highest BCUT2D eigenvalue weighted by molar-refractivity contribution is 6.61. The molecule has 1 heterocycles. The third-order valence-electron chi connectivity index (χ3n) is 4.97. The van der Waals surface area contributed by atoms with Crippen molar-refractivity contribution in [1.29, 1.82) is 0 Å². The maximum Gasteiger partial charge on any atom is 0.494 e. The first kappa shape index (κ1) is 23.8. The van der Waals surface area contributed by atoms with Gasteiger partial charge in [0, 0.05) is 28.4 Å². The first-order chi connectivity index (χ1) is 16.3. The van der Waals surface area contributed by atoms with Gasteiger partial charge < -0.3 is 9.31 Å². The minimum absolute atomic E-state index is 0.0162. The van der Waals surface area contributed by atoms with Crippen molar-refractivity contribution in [2.24, 2.45) is 0 Å². The summed E-state index contributed by atoms with van der Waals surface area (Å²) in [5, 5.41) is 0. The van der Waals surface area contributed by atoms with E-state index >= 15 is 0 Å². The molecule has 0 aliphatic rings. The molecular weight excluding hydrogens is 421 g/mol. The Bertz CT molecular complexity index is 1170. The van der Waals surface area contributed by atoms with E-state index in [1.807, 2.05) is 120 Å². The van der Waals surface area contributed by atoms with Crippen LogP contribution in [0.25, 0.3) is 34.2 Å². The third kappa shape index (κ3) is 6.16. The van der Waals surface area contributed by atoms with Crippen molar-refractivity contribution in [3.8, 4) is 34.2 Å². The first-order valence-corrected chi connectivity index (χ1v) is 11.6. The Morgan fingerprint density at radius 3 is 1.59 bits per heavy atom. The van der Waals surface area contributed by atoms with Gasteiger partial charge in [0.25, 0.3) is 0 Å². The Morgan fingerprint density at radius 1 is 0.647 bits per heavy atom. The van der Waals surface area contributed by atoms with E-state index in [0.717, 1.165) is 22.2 Å². The van der Waals surface area contributed by atoms with Crippen molar-refractivity contribution < 1.29 is 9.31 Å². The van der Waals surface area contributed by atoms with Gasteiger partial charge in [0.1, 0.15) is 0 Å². The standard InChI is InChI=1S/C28H30BN3O2/c1-20(2)33-29(34-28(3,4)5)24-18-12-17-23(19-24)27-31-25(21-13-8-6-9-14-21)30-26(32-27)22-15-10-7-11-16-22/h6-20H,1-5H3. The molecule has 0 spiro atoms. The molecule has 0 N–H and O–H groups in total. The number of aromatic nitrogens is 3. The lowest BCUT2D eigenvalue weighted by Gasteiger charge is -2.27. The summed E-state index contributed by atoms with van der Waals surface area (Å²) in [4.78, 5) is 14.4. The molecule has 4 rings (SSSR count). The average Bonchev–Trinajstić information content (AvgIpc) is 2.83. The molecule has 0 saturated carbocycles. The highest BCUT2D eigenvalue weighted by Gasteiger charge is 2.29. The lowest BCUT2D eigenvalue weighted by Crippen LogP contribution is -2.44. The van der Waals surface area contributed by atoms with Crippen molar-refractivity contribution in [3.05, 3.63) is 84.9 Å². The Balaban J connectivity index is 1.81. The van der Waals surface area contributed by atoms with Gasteiger partial charge in [-0.3, -0.25) is 0 Å². The summed E-state index contributed by atoms with van der Waals surface area (Å²) in [6, 6.07) is 28.0. The number of benzene rings is 3. The number of hydrogen-bond donors (Lipinski definition) is 0. The average molecular weight is 451 g/mol. The molecular formula is C28H30BN3O2. The van der Waals surface area contributed by atoms with E-state index in [4.69, 9.17) is 24.3 Å². The van der Waals surface area contributed by atoms with Crippen molar-refractivity contribution in [2.75, 3.05) is 0 Å². The fourth-order valence-corrected chi connectivity index (χ4v) is 3.50. The van der Waals surface area contributed by atoms with E-state index in [1.165, 1.54) is 0 Å². The zero-order valence-electron chi connectivity index (χ0n) is 20.4. The SMILES string of the molecule is CC(C)OB(OC(C)(C)C)c1cccc(-c2nc(-c3ccccc3)nc(-c3ccccc3)n2)c1. The summed E-state index contributed by atoms with van der Waals surface area (Å²) in [6.07, 6.45) is 0.0162. The second-order valence-electron chi connectivity index (χ2n) is 9.41. The van der Waals surface area contributed by atoms with Crippen molar-refractivity contribution >= 4 is 12.6 Å². The van der Waals surface area contributed by atoms with Gasteiger partial charge in [-0.2, -0.15) is 0 Å². The zero-order valence-corrected chi connectivity index (χ0v) is 20.4. The Morgan fingerprint density at radius 2 is 1.12 bits per heavy atom. The van der Waals surface area contributed by atoms with Gasteiger partial charge >= 0.3 is 7.12 Å². The summed E-state index contributed by atoms with van der Waals surface area (Å²) < 4.78 is 12.4. The predicted molar refractivity (Wildman–Crippen MR) is 139 cm³/mol. The largest absolute Gasteiger partial charge is 0.494 e. The highest BCUT2D eigenvalue weighted by atomic mass is 16.6. The van der Waals surface area contributed by atoms with Crippen LogP contribution in [0.5, 0.6) is 0 Å². The van der Waals surface area contributed by atoms with E-state index in [-0.39, 0.29) is 11.7 Å². The van der Waals surface area contributed by atoms with E-state index in [2.05, 4.69) is 0 Å². The molecule has 0 aliphatic heterocycles. The highest BCUT2D eigenvalue weighted by Crippen LogP contribution is 2.24. The quantitative estimate of drug-likeness (QED) is 0.332. The molecule has 0 bridgehead atoms. The smallest absolute Gasteiger partial charge is 0.405 e. The lowest BCUT2D eigenvalue weighted by atomic mass is 9.76. The molecule has 4 aromatic rings. The van der Waals surface area contributed by atoms with Gasteiger partial charge in [-0.05, 0) is 40.1 Å². The summed E-state index contributed by atoms with van der Waals surface area (Å²) >= 11 is 0. The van der Waals surface area contributed by atoms with Crippen LogP contribution in [0.3, 0.4) is 0 Å². The summed E-state index contributed by atoms with van der Waals surface area (Å²) in [5.41, 5.74) is 3.32.